The van der Waals surface area contributed by atoms with Crippen molar-refractivity contribution in [1.29, 1.82) is 0 Å². The summed E-state index contributed by atoms with van der Waals surface area (Å²) in [5.74, 6) is 1.64. The van der Waals surface area contributed by atoms with Crippen LogP contribution in [0.15, 0.2) is 42.5 Å². The molecule has 2 aromatic carbocycles. The van der Waals surface area contributed by atoms with E-state index in [1.165, 1.54) is 11.3 Å². The van der Waals surface area contributed by atoms with E-state index in [4.69, 9.17) is 9.47 Å². The molecule has 3 rings (SSSR count). The van der Waals surface area contributed by atoms with Crippen molar-refractivity contribution in [1.82, 2.24) is 0 Å². The summed E-state index contributed by atoms with van der Waals surface area (Å²) in [4.78, 5) is 2.09. The van der Waals surface area contributed by atoms with Gasteiger partial charge < -0.3 is 14.4 Å². The van der Waals surface area contributed by atoms with Gasteiger partial charge in [0.1, 0.15) is 0 Å². The molecule has 0 atom stereocenters. The Bertz CT molecular complexity index is 578. The average Bonchev–Trinajstić information content (AvgIpc) is 2.86. The Morgan fingerprint density at radius 1 is 0.889 bits per heavy atom. The SMILES string of the molecule is CN(C)c1cccc(-c2ccc3c(c2)OCO3)c1. The van der Waals surface area contributed by atoms with Crippen molar-refractivity contribution in [2.75, 3.05) is 25.8 Å². The van der Waals surface area contributed by atoms with E-state index in [9.17, 15) is 0 Å². The van der Waals surface area contributed by atoms with Gasteiger partial charge in [0.15, 0.2) is 11.5 Å². The van der Waals surface area contributed by atoms with Crippen molar-refractivity contribution in [2.24, 2.45) is 0 Å². The van der Waals surface area contributed by atoms with Crippen LogP contribution >= 0.6 is 0 Å². The minimum absolute atomic E-state index is 0.316. The molecule has 1 aliphatic rings. The minimum atomic E-state index is 0.316. The molecule has 0 saturated heterocycles. The van der Waals surface area contributed by atoms with E-state index < -0.39 is 0 Å². The summed E-state index contributed by atoms with van der Waals surface area (Å²) in [7, 11) is 4.08. The molecule has 0 unspecified atom stereocenters. The normalized spacial score (nSPS) is 12.6. The van der Waals surface area contributed by atoms with E-state index in [1.54, 1.807) is 0 Å². The summed E-state index contributed by atoms with van der Waals surface area (Å²) in [5, 5.41) is 0. The summed E-state index contributed by atoms with van der Waals surface area (Å²) in [5.41, 5.74) is 3.51. The molecular weight excluding hydrogens is 226 g/mol. The molecule has 2 aromatic rings. The highest BCUT2D eigenvalue weighted by Gasteiger charge is 2.13. The van der Waals surface area contributed by atoms with Gasteiger partial charge in [0.2, 0.25) is 6.79 Å². The van der Waals surface area contributed by atoms with Crippen molar-refractivity contribution in [3.8, 4) is 22.6 Å². The lowest BCUT2D eigenvalue weighted by atomic mass is 10.0. The van der Waals surface area contributed by atoms with E-state index in [0.29, 0.717) is 6.79 Å². The largest absolute Gasteiger partial charge is 0.454 e. The smallest absolute Gasteiger partial charge is 0.231 e. The molecule has 3 heteroatoms. The lowest BCUT2D eigenvalue weighted by Gasteiger charge is -2.13. The third kappa shape index (κ3) is 1.88. The Balaban J connectivity index is 2.02. The number of benzene rings is 2. The van der Waals surface area contributed by atoms with Gasteiger partial charge in [0.25, 0.3) is 0 Å². The zero-order valence-corrected chi connectivity index (χ0v) is 10.5. The maximum absolute atomic E-state index is 5.41. The maximum atomic E-state index is 5.41. The molecule has 1 heterocycles. The lowest BCUT2D eigenvalue weighted by Crippen LogP contribution is -2.08. The second-order valence-electron chi connectivity index (χ2n) is 4.51. The molecule has 18 heavy (non-hydrogen) atoms. The number of fused-ring (bicyclic) bond motifs is 1. The van der Waals surface area contributed by atoms with Gasteiger partial charge >= 0.3 is 0 Å². The van der Waals surface area contributed by atoms with Crippen LogP contribution in [0.4, 0.5) is 5.69 Å². The third-order valence-corrected chi connectivity index (χ3v) is 3.07. The zero-order valence-electron chi connectivity index (χ0n) is 10.5. The zero-order chi connectivity index (χ0) is 12.5. The number of hydrogen-bond donors (Lipinski definition) is 0. The van der Waals surface area contributed by atoms with Gasteiger partial charge in [0, 0.05) is 19.8 Å². The fourth-order valence-corrected chi connectivity index (χ4v) is 2.04. The minimum Gasteiger partial charge on any atom is -0.454 e. The van der Waals surface area contributed by atoms with Gasteiger partial charge in [-0.3, -0.25) is 0 Å². The summed E-state index contributed by atoms with van der Waals surface area (Å²) in [6.45, 7) is 0.316. The quantitative estimate of drug-likeness (QED) is 0.806. The van der Waals surface area contributed by atoms with Crippen LogP contribution in [0.2, 0.25) is 0 Å². The number of hydrogen-bond acceptors (Lipinski definition) is 3. The van der Waals surface area contributed by atoms with Crippen LogP contribution in [0, 0.1) is 0 Å². The van der Waals surface area contributed by atoms with Gasteiger partial charge in [-0.2, -0.15) is 0 Å². The van der Waals surface area contributed by atoms with Crippen LogP contribution in [0.5, 0.6) is 11.5 Å². The highest BCUT2D eigenvalue weighted by atomic mass is 16.7. The van der Waals surface area contributed by atoms with Gasteiger partial charge in [-0.05, 0) is 35.4 Å². The van der Waals surface area contributed by atoms with Crippen molar-refractivity contribution >= 4 is 5.69 Å². The summed E-state index contributed by atoms with van der Waals surface area (Å²) >= 11 is 0. The second kappa shape index (κ2) is 4.26. The molecule has 0 aliphatic carbocycles. The highest BCUT2D eigenvalue weighted by molar-refractivity contribution is 5.71. The number of anilines is 1. The summed E-state index contributed by atoms with van der Waals surface area (Å²) < 4.78 is 10.7. The van der Waals surface area contributed by atoms with Crippen LogP contribution in [0.1, 0.15) is 0 Å². The predicted molar refractivity (Wildman–Crippen MR) is 72.3 cm³/mol. The number of rotatable bonds is 2. The first-order valence-corrected chi connectivity index (χ1v) is 5.91. The van der Waals surface area contributed by atoms with E-state index in [0.717, 1.165) is 17.1 Å². The van der Waals surface area contributed by atoms with Crippen LogP contribution in [-0.2, 0) is 0 Å². The highest BCUT2D eigenvalue weighted by Crippen LogP contribution is 2.36. The molecule has 0 spiro atoms. The molecule has 0 saturated carbocycles. The molecule has 1 aliphatic heterocycles. The molecule has 0 radical (unpaired) electrons. The Morgan fingerprint density at radius 3 is 2.50 bits per heavy atom. The van der Waals surface area contributed by atoms with Crippen LogP contribution in [0.3, 0.4) is 0 Å². The molecular formula is C15H15NO2. The monoisotopic (exact) mass is 241 g/mol. The van der Waals surface area contributed by atoms with E-state index in [2.05, 4.69) is 35.2 Å². The molecule has 0 bridgehead atoms. The van der Waals surface area contributed by atoms with Crippen LogP contribution in [-0.4, -0.2) is 20.9 Å². The van der Waals surface area contributed by atoms with Crippen molar-refractivity contribution in [3.63, 3.8) is 0 Å². The molecule has 0 aromatic heterocycles. The van der Waals surface area contributed by atoms with E-state index >= 15 is 0 Å². The maximum Gasteiger partial charge on any atom is 0.231 e. The Kier molecular flexibility index (Phi) is 2.59. The summed E-state index contributed by atoms with van der Waals surface area (Å²) in [6, 6.07) is 14.5. The van der Waals surface area contributed by atoms with E-state index in [1.807, 2.05) is 26.2 Å². The van der Waals surface area contributed by atoms with Gasteiger partial charge in [-0.1, -0.05) is 18.2 Å². The van der Waals surface area contributed by atoms with Gasteiger partial charge in [-0.15, -0.1) is 0 Å². The number of nitrogens with zero attached hydrogens (tertiary/aromatic N) is 1. The Morgan fingerprint density at radius 2 is 1.67 bits per heavy atom. The first-order valence-electron chi connectivity index (χ1n) is 5.91. The molecule has 0 fully saturated rings. The molecule has 92 valence electrons. The second-order valence-corrected chi connectivity index (χ2v) is 4.51. The van der Waals surface area contributed by atoms with Crippen LogP contribution < -0.4 is 14.4 Å². The average molecular weight is 241 g/mol. The van der Waals surface area contributed by atoms with Crippen molar-refractivity contribution in [3.05, 3.63) is 42.5 Å². The fraction of sp³-hybridized carbons (Fsp3) is 0.200. The summed E-state index contributed by atoms with van der Waals surface area (Å²) in [6.07, 6.45) is 0. The van der Waals surface area contributed by atoms with Crippen LogP contribution in [0.25, 0.3) is 11.1 Å². The Labute approximate surface area is 107 Å². The van der Waals surface area contributed by atoms with Gasteiger partial charge in [-0.25, -0.2) is 0 Å². The van der Waals surface area contributed by atoms with Crippen molar-refractivity contribution in [2.45, 2.75) is 0 Å². The predicted octanol–water partition coefficient (Wildman–Crippen LogP) is 3.15. The molecule has 0 N–H and O–H groups in total. The molecule has 0 amide bonds. The first-order chi connectivity index (χ1) is 8.74. The lowest BCUT2D eigenvalue weighted by molar-refractivity contribution is 0.174. The fourth-order valence-electron chi connectivity index (χ4n) is 2.04. The van der Waals surface area contributed by atoms with E-state index in [-0.39, 0.29) is 0 Å². The van der Waals surface area contributed by atoms with Crippen molar-refractivity contribution < 1.29 is 9.47 Å². The van der Waals surface area contributed by atoms with Gasteiger partial charge in [0.05, 0.1) is 0 Å². The first kappa shape index (κ1) is 11.0. The standard InChI is InChI=1S/C15H15NO2/c1-16(2)13-5-3-4-11(8-13)12-6-7-14-15(9-12)18-10-17-14/h3-9H,10H2,1-2H3. The number of ether oxygens (including phenoxy) is 2. The molecule has 3 nitrogen and oxygen atoms in total. The third-order valence-electron chi connectivity index (χ3n) is 3.07. The topological polar surface area (TPSA) is 21.7 Å². The Hall–Kier alpha value is -2.16.